The van der Waals surface area contributed by atoms with Gasteiger partial charge in [-0.3, -0.25) is 4.79 Å². The molecule has 1 N–H and O–H groups in total. The molecule has 0 saturated heterocycles. The van der Waals surface area contributed by atoms with Crippen LogP contribution in [-0.2, 0) is 4.79 Å². The second-order valence-corrected chi connectivity index (χ2v) is 3.91. The van der Waals surface area contributed by atoms with Crippen LogP contribution in [0.15, 0.2) is 18.2 Å². The number of halogens is 2. The fraction of sp³-hybridized carbons (Fsp3) is 0.364. The molecule has 1 amide bonds. The third kappa shape index (κ3) is 2.71. The van der Waals surface area contributed by atoms with Crippen molar-refractivity contribution in [2.75, 3.05) is 13.7 Å². The standard InChI is InChI=1S/C11H13ClFNO2/c1-7(16)14(2)11(6-15)8-3-4-10(13)9(12)5-8/h3-5,11,15H,6H2,1-2H3/t11-/m1/s1. The number of benzene rings is 1. The van der Waals surface area contributed by atoms with Gasteiger partial charge in [-0.15, -0.1) is 0 Å². The molecule has 0 aliphatic carbocycles. The highest BCUT2D eigenvalue weighted by atomic mass is 35.5. The highest BCUT2D eigenvalue weighted by Crippen LogP contribution is 2.24. The van der Waals surface area contributed by atoms with Crippen molar-refractivity contribution in [2.45, 2.75) is 13.0 Å². The number of carbonyl (C=O) groups is 1. The van der Waals surface area contributed by atoms with Crippen molar-refractivity contribution >= 4 is 17.5 Å². The number of nitrogens with zero attached hydrogens (tertiary/aromatic N) is 1. The van der Waals surface area contributed by atoms with Crippen LogP contribution in [0.2, 0.25) is 5.02 Å². The Labute approximate surface area is 98.4 Å². The molecule has 88 valence electrons. The minimum atomic E-state index is -0.521. The summed E-state index contributed by atoms with van der Waals surface area (Å²) >= 11 is 5.64. The van der Waals surface area contributed by atoms with Crippen molar-refractivity contribution < 1.29 is 14.3 Å². The Balaban J connectivity index is 3.04. The van der Waals surface area contributed by atoms with E-state index in [4.69, 9.17) is 11.6 Å². The monoisotopic (exact) mass is 245 g/mol. The summed E-state index contributed by atoms with van der Waals surface area (Å²) in [4.78, 5) is 12.6. The second kappa shape index (κ2) is 5.27. The van der Waals surface area contributed by atoms with E-state index >= 15 is 0 Å². The molecule has 0 heterocycles. The first-order chi connectivity index (χ1) is 7.47. The Morgan fingerprint density at radius 2 is 2.25 bits per heavy atom. The van der Waals surface area contributed by atoms with Crippen LogP contribution in [-0.4, -0.2) is 29.6 Å². The largest absolute Gasteiger partial charge is 0.394 e. The summed E-state index contributed by atoms with van der Waals surface area (Å²) in [6.45, 7) is 1.16. The summed E-state index contributed by atoms with van der Waals surface area (Å²) in [5, 5.41) is 9.21. The highest BCUT2D eigenvalue weighted by molar-refractivity contribution is 6.30. The summed E-state index contributed by atoms with van der Waals surface area (Å²) in [6.07, 6.45) is 0. The lowest BCUT2D eigenvalue weighted by Crippen LogP contribution is -2.31. The van der Waals surface area contributed by atoms with Crippen molar-refractivity contribution in [3.63, 3.8) is 0 Å². The average molecular weight is 246 g/mol. The number of aliphatic hydroxyl groups excluding tert-OH is 1. The van der Waals surface area contributed by atoms with Gasteiger partial charge in [0, 0.05) is 14.0 Å². The van der Waals surface area contributed by atoms with E-state index < -0.39 is 11.9 Å². The smallest absolute Gasteiger partial charge is 0.219 e. The Morgan fingerprint density at radius 3 is 2.69 bits per heavy atom. The number of carbonyl (C=O) groups excluding carboxylic acids is 1. The van der Waals surface area contributed by atoms with Crippen molar-refractivity contribution in [2.24, 2.45) is 0 Å². The summed E-state index contributed by atoms with van der Waals surface area (Å²) in [5.41, 5.74) is 0.603. The third-order valence-electron chi connectivity index (χ3n) is 2.47. The maximum Gasteiger partial charge on any atom is 0.219 e. The van der Waals surface area contributed by atoms with Gasteiger partial charge in [-0.25, -0.2) is 4.39 Å². The predicted octanol–water partition coefficient (Wildman–Crippen LogP) is 1.99. The van der Waals surface area contributed by atoms with E-state index in [-0.39, 0.29) is 17.5 Å². The van der Waals surface area contributed by atoms with Gasteiger partial charge in [-0.2, -0.15) is 0 Å². The Hall–Kier alpha value is -1.13. The van der Waals surface area contributed by atoms with Crippen molar-refractivity contribution in [3.8, 4) is 0 Å². The Bertz CT molecular complexity index is 398. The van der Waals surface area contributed by atoms with E-state index in [1.54, 1.807) is 7.05 Å². The van der Waals surface area contributed by atoms with Gasteiger partial charge in [0.05, 0.1) is 17.7 Å². The van der Waals surface area contributed by atoms with Crippen LogP contribution in [0, 0.1) is 5.82 Å². The lowest BCUT2D eigenvalue weighted by Gasteiger charge is -2.26. The second-order valence-electron chi connectivity index (χ2n) is 3.50. The number of rotatable bonds is 3. The van der Waals surface area contributed by atoms with E-state index in [0.29, 0.717) is 5.56 Å². The first-order valence-corrected chi connectivity index (χ1v) is 5.14. The maximum absolute atomic E-state index is 13.0. The van der Waals surface area contributed by atoms with Crippen molar-refractivity contribution in [3.05, 3.63) is 34.6 Å². The predicted molar refractivity (Wildman–Crippen MR) is 59.7 cm³/mol. The lowest BCUT2D eigenvalue weighted by molar-refractivity contribution is -0.130. The zero-order valence-electron chi connectivity index (χ0n) is 9.08. The molecule has 3 nitrogen and oxygen atoms in total. The number of hydrogen-bond donors (Lipinski definition) is 1. The Kier molecular flexibility index (Phi) is 4.26. The van der Waals surface area contributed by atoms with Gasteiger partial charge in [0.2, 0.25) is 5.91 Å². The molecule has 0 saturated carbocycles. The van der Waals surface area contributed by atoms with E-state index in [1.807, 2.05) is 0 Å². The molecule has 1 aromatic rings. The topological polar surface area (TPSA) is 40.5 Å². The normalized spacial score (nSPS) is 12.3. The van der Waals surface area contributed by atoms with Crippen LogP contribution >= 0.6 is 11.6 Å². The lowest BCUT2D eigenvalue weighted by atomic mass is 10.1. The molecule has 1 rings (SSSR count). The molecule has 1 aromatic carbocycles. The molecule has 0 bridgehead atoms. The van der Waals surface area contributed by atoms with Gasteiger partial charge in [-0.05, 0) is 17.7 Å². The number of aliphatic hydroxyl groups is 1. The molecule has 0 aromatic heterocycles. The molecule has 0 unspecified atom stereocenters. The molecule has 1 atom stereocenters. The highest BCUT2D eigenvalue weighted by Gasteiger charge is 2.19. The van der Waals surface area contributed by atoms with Crippen LogP contribution in [0.5, 0.6) is 0 Å². The van der Waals surface area contributed by atoms with Crippen LogP contribution in [0.3, 0.4) is 0 Å². The molecular formula is C11H13ClFNO2. The molecule has 0 aliphatic rings. The van der Waals surface area contributed by atoms with Gasteiger partial charge in [0.25, 0.3) is 0 Å². The van der Waals surface area contributed by atoms with Crippen LogP contribution in [0.25, 0.3) is 0 Å². The average Bonchev–Trinajstić information content (AvgIpc) is 2.24. The van der Waals surface area contributed by atoms with Crippen LogP contribution in [0.1, 0.15) is 18.5 Å². The third-order valence-corrected chi connectivity index (χ3v) is 2.76. The van der Waals surface area contributed by atoms with E-state index in [9.17, 15) is 14.3 Å². The first kappa shape index (κ1) is 12.9. The summed E-state index contributed by atoms with van der Waals surface area (Å²) in [7, 11) is 1.57. The fourth-order valence-corrected chi connectivity index (χ4v) is 1.58. The zero-order chi connectivity index (χ0) is 12.3. The number of hydrogen-bond acceptors (Lipinski definition) is 2. The van der Waals surface area contributed by atoms with Crippen LogP contribution < -0.4 is 0 Å². The molecule has 0 spiro atoms. The molecule has 0 fully saturated rings. The summed E-state index contributed by atoms with van der Waals surface area (Å²) < 4.78 is 13.0. The summed E-state index contributed by atoms with van der Waals surface area (Å²) in [5.74, 6) is -0.702. The van der Waals surface area contributed by atoms with Gasteiger partial charge in [0.15, 0.2) is 0 Å². The quantitative estimate of drug-likeness (QED) is 0.885. The van der Waals surface area contributed by atoms with Gasteiger partial charge < -0.3 is 10.0 Å². The number of amides is 1. The van der Waals surface area contributed by atoms with Gasteiger partial charge in [-0.1, -0.05) is 17.7 Å². The van der Waals surface area contributed by atoms with E-state index in [2.05, 4.69) is 0 Å². The molecular weight excluding hydrogens is 233 g/mol. The van der Waals surface area contributed by atoms with Crippen molar-refractivity contribution in [1.82, 2.24) is 4.90 Å². The van der Waals surface area contributed by atoms with Crippen molar-refractivity contribution in [1.29, 1.82) is 0 Å². The molecule has 0 aliphatic heterocycles. The van der Waals surface area contributed by atoms with E-state index in [1.165, 1.54) is 30.0 Å². The van der Waals surface area contributed by atoms with Crippen LogP contribution in [0.4, 0.5) is 4.39 Å². The van der Waals surface area contributed by atoms with Gasteiger partial charge >= 0.3 is 0 Å². The molecule has 5 heteroatoms. The fourth-order valence-electron chi connectivity index (χ4n) is 1.39. The SMILES string of the molecule is CC(=O)N(C)[C@H](CO)c1ccc(F)c(Cl)c1. The van der Waals surface area contributed by atoms with E-state index in [0.717, 1.165) is 0 Å². The zero-order valence-corrected chi connectivity index (χ0v) is 9.83. The molecule has 16 heavy (non-hydrogen) atoms. The van der Waals surface area contributed by atoms with Gasteiger partial charge in [0.1, 0.15) is 5.82 Å². The minimum Gasteiger partial charge on any atom is -0.394 e. The molecule has 0 radical (unpaired) electrons. The number of likely N-dealkylation sites (N-methyl/N-ethyl adjacent to an activating group) is 1. The minimum absolute atomic E-state index is 0.0205. The maximum atomic E-state index is 13.0. The Morgan fingerprint density at radius 1 is 1.62 bits per heavy atom. The summed E-state index contributed by atoms with van der Waals surface area (Å²) in [6, 6.07) is 3.63. The first-order valence-electron chi connectivity index (χ1n) is 4.76.